The van der Waals surface area contributed by atoms with Crippen LogP contribution in [0.25, 0.3) is 6.08 Å². The van der Waals surface area contributed by atoms with Crippen molar-refractivity contribution in [2.75, 3.05) is 10.2 Å². The van der Waals surface area contributed by atoms with Gasteiger partial charge in [-0.1, -0.05) is 24.2 Å². The molecule has 0 radical (unpaired) electrons. The fourth-order valence-electron chi connectivity index (χ4n) is 2.95. The van der Waals surface area contributed by atoms with E-state index in [9.17, 15) is 9.18 Å². The Bertz CT molecular complexity index is 1070. The Labute approximate surface area is 160 Å². The molecule has 134 valence electrons. The molecule has 0 spiro atoms. The number of anilines is 3. The van der Waals surface area contributed by atoms with E-state index in [1.165, 1.54) is 12.1 Å². The van der Waals surface area contributed by atoms with Crippen LogP contribution in [0, 0.1) is 5.82 Å². The molecule has 27 heavy (non-hydrogen) atoms. The highest BCUT2D eigenvalue weighted by atomic mass is 35.5. The number of allylic oxidation sites excluding steroid dienone is 1. The van der Waals surface area contributed by atoms with Gasteiger partial charge in [-0.3, -0.25) is 9.69 Å². The van der Waals surface area contributed by atoms with Crippen molar-refractivity contribution in [3.8, 4) is 0 Å². The molecule has 4 rings (SSSR count). The van der Waals surface area contributed by atoms with Gasteiger partial charge in [0, 0.05) is 27.7 Å². The van der Waals surface area contributed by atoms with Crippen LogP contribution in [-0.2, 0) is 0 Å². The Morgan fingerprint density at radius 2 is 1.89 bits per heavy atom. The van der Waals surface area contributed by atoms with E-state index in [0.717, 1.165) is 11.3 Å². The monoisotopic (exact) mass is 379 g/mol. The van der Waals surface area contributed by atoms with Crippen molar-refractivity contribution in [3.05, 3.63) is 95.0 Å². The number of nitrogens with one attached hydrogen (secondary N) is 2. The largest absolute Gasteiger partial charge is 0.336 e. The van der Waals surface area contributed by atoms with Gasteiger partial charge in [0.05, 0.1) is 0 Å². The first kappa shape index (κ1) is 17.1. The highest BCUT2D eigenvalue weighted by Gasteiger charge is 2.23. The number of nitrogens with zero attached hydrogens (tertiary/aromatic N) is 1. The van der Waals surface area contributed by atoms with E-state index in [4.69, 9.17) is 11.6 Å². The number of benzene rings is 2. The molecular formula is C21H15ClFN3O. The maximum atomic E-state index is 13.3. The molecule has 3 aromatic rings. The van der Waals surface area contributed by atoms with Gasteiger partial charge in [0.25, 0.3) is 5.91 Å². The first-order valence-electron chi connectivity index (χ1n) is 8.24. The average molecular weight is 380 g/mol. The molecule has 0 saturated carbocycles. The summed E-state index contributed by atoms with van der Waals surface area (Å²) in [5.74, 6) is 0.0975. The summed E-state index contributed by atoms with van der Waals surface area (Å²) in [6, 6.07) is 14.8. The second-order valence-corrected chi connectivity index (χ2v) is 6.52. The zero-order chi connectivity index (χ0) is 19.0. The highest BCUT2D eigenvalue weighted by Crippen LogP contribution is 2.36. The number of hydrogen-bond acceptors (Lipinski definition) is 2. The third-order valence-corrected chi connectivity index (χ3v) is 4.44. The lowest BCUT2D eigenvalue weighted by Gasteiger charge is -2.27. The number of H-pyrrole nitrogens is 1. The van der Waals surface area contributed by atoms with Crippen LogP contribution in [0.15, 0.2) is 72.9 Å². The van der Waals surface area contributed by atoms with E-state index in [0.29, 0.717) is 27.9 Å². The van der Waals surface area contributed by atoms with Gasteiger partial charge in [-0.15, -0.1) is 0 Å². The fourth-order valence-corrected chi connectivity index (χ4v) is 3.14. The molecule has 1 amide bonds. The van der Waals surface area contributed by atoms with Crippen molar-refractivity contribution in [1.29, 1.82) is 0 Å². The zero-order valence-electron chi connectivity index (χ0n) is 14.2. The SMILES string of the molecule is C=C1C=Cc2cc(C(=O)Nc3cccc(Cl)c3)[nH]c2N1c1ccc(F)cc1. The summed E-state index contributed by atoms with van der Waals surface area (Å²) >= 11 is 5.96. The maximum Gasteiger partial charge on any atom is 0.272 e. The first-order chi connectivity index (χ1) is 13.0. The third kappa shape index (κ3) is 3.37. The molecule has 0 aliphatic carbocycles. The van der Waals surface area contributed by atoms with Crippen molar-refractivity contribution in [2.24, 2.45) is 0 Å². The summed E-state index contributed by atoms with van der Waals surface area (Å²) in [5, 5.41) is 3.35. The van der Waals surface area contributed by atoms with E-state index in [-0.39, 0.29) is 11.7 Å². The molecule has 6 heteroatoms. The molecule has 0 bridgehead atoms. The van der Waals surface area contributed by atoms with Crippen LogP contribution in [0.1, 0.15) is 16.1 Å². The molecular weight excluding hydrogens is 365 g/mol. The number of aromatic nitrogens is 1. The molecule has 0 saturated heterocycles. The number of halogens is 2. The standard InChI is InChI=1S/C21H15ClFN3O/c1-13-5-6-14-11-19(21(27)24-17-4-2-3-15(22)12-17)25-20(14)26(13)18-9-7-16(23)8-10-18/h2-12,25H,1H2,(H,24,27). The first-order valence-corrected chi connectivity index (χ1v) is 8.62. The van der Waals surface area contributed by atoms with Gasteiger partial charge in [-0.25, -0.2) is 4.39 Å². The van der Waals surface area contributed by atoms with Gasteiger partial charge in [0.1, 0.15) is 17.3 Å². The topological polar surface area (TPSA) is 48.1 Å². The Morgan fingerprint density at radius 3 is 2.63 bits per heavy atom. The van der Waals surface area contributed by atoms with E-state index < -0.39 is 0 Å². The minimum absolute atomic E-state index is 0.287. The van der Waals surface area contributed by atoms with E-state index in [1.807, 2.05) is 17.1 Å². The molecule has 2 heterocycles. The van der Waals surface area contributed by atoms with Crippen LogP contribution in [0.4, 0.5) is 21.6 Å². The van der Waals surface area contributed by atoms with Crippen molar-refractivity contribution >= 4 is 40.8 Å². The summed E-state index contributed by atoms with van der Waals surface area (Å²) in [6.07, 6.45) is 3.72. The number of fused-ring (bicyclic) bond motifs is 1. The Hall–Kier alpha value is -3.31. The van der Waals surface area contributed by atoms with Gasteiger partial charge in [-0.05, 0) is 60.7 Å². The van der Waals surface area contributed by atoms with Crippen molar-refractivity contribution in [2.45, 2.75) is 0 Å². The van der Waals surface area contributed by atoms with Crippen LogP contribution in [0.2, 0.25) is 5.02 Å². The Kier molecular flexibility index (Phi) is 4.30. The number of hydrogen-bond donors (Lipinski definition) is 2. The molecule has 4 nitrogen and oxygen atoms in total. The highest BCUT2D eigenvalue weighted by molar-refractivity contribution is 6.31. The van der Waals surface area contributed by atoms with Crippen LogP contribution < -0.4 is 10.2 Å². The predicted octanol–water partition coefficient (Wildman–Crippen LogP) is 5.74. The predicted molar refractivity (Wildman–Crippen MR) is 107 cm³/mol. The molecule has 0 fully saturated rings. The second kappa shape index (κ2) is 6.78. The molecule has 1 aliphatic rings. The van der Waals surface area contributed by atoms with Crippen LogP contribution >= 0.6 is 11.6 Å². The lowest BCUT2D eigenvalue weighted by Crippen LogP contribution is -2.18. The summed E-state index contributed by atoms with van der Waals surface area (Å²) in [6.45, 7) is 4.04. The van der Waals surface area contributed by atoms with Crippen LogP contribution in [-0.4, -0.2) is 10.9 Å². The van der Waals surface area contributed by atoms with Gasteiger partial charge in [0.15, 0.2) is 0 Å². The van der Waals surface area contributed by atoms with Gasteiger partial charge >= 0.3 is 0 Å². The lowest BCUT2D eigenvalue weighted by molar-refractivity contribution is 0.102. The van der Waals surface area contributed by atoms with Crippen LogP contribution in [0.5, 0.6) is 0 Å². The van der Waals surface area contributed by atoms with E-state index in [2.05, 4.69) is 16.9 Å². The van der Waals surface area contributed by atoms with Crippen molar-refractivity contribution in [1.82, 2.24) is 4.98 Å². The molecule has 2 aromatic carbocycles. The van der Waals surface area contributed by atoms with Crippen molar-refractivity contribution in [3.63, 3.8) is 0 Å². The maximum absolute atomic E-state index is 13.3. The fraction of sp³-hybridized carbons (Fsp3) is 0. The number of carbonyl (C=O) groups excluding carboxylic acids is 1. The molecule has 0 unspecified atom stereocenters. The number of aromatic amines is 1. The van der Waals surface area contributed by atoms with E-state index in [1.54, 1.807) is 42.5 Å². The van der Waals surface area contributed by atoms with Gasteiger partial charge < -0.3 is 10.3 Å². The quantitative estimate of drug-likeness (QED) is 0.609. The van der Waals surface area contributed by atoms with Crippen LogP contribution in [0.3, 0.4) is 0 Å². The molecule has 2 N–H and O–H groups in total. The average Bonchev–Trinajstić information content (AvgIpc) is 3.07. The number of amides is 1. The summed E-state index contributed by atoms with van der Waals surface area (Å²) in [7, 11) is 0. The molecule has 1 aromatic heterocycles. The normalized spacial score (nSPS) is 12.8. The number of rotatable bonds is 3. The van der Waals surface area contributed by atoms with Gasteiger partial charge in [-0.2, -0.15) is 0 Å². The Balaban J connectivity index is 1.66. The molecule has 0 atom stereocenters. The van der Waals surface area contributed by atoms with Gasteiger partial charge in [0.2, 0.25) is 0 Å². The minimum Gasteiger partial charge on any atom is -0.336 e. The molecule has 1 aliphatic heterocycles. The lowest BCUT2D eigenvalue weighted by atomic mass is 10.1. The van der Waals surface area contributed by atoms with E-state index >= 15 is 0 Å². The Morgan fingerprint density at radius 1 is 1.11 bits per heavy atom. The zero-order valence-corrected chi connectivity index (χ0v) is 14.9. The summed E-state index contributed by atoms with van der Waals surface area (Å²) in [5.41, 5.74) is 3.29. The summed E-state index contributed by atoms with van der Waals surface area (Å²) < 4.78 is 13.3. The summed E-state index contributed by atoms with van der Waals surface area (Å²) in [4.78, 5) is 17.6. The second-order valence-electron chi connectivity index (χ2n) is 6.09. The smallest absolute Gasteiger partial charge is 0.272 e. The third-order valence-electron chi connectivity index (χ3n) is 4.20. The van der Waals surface area contributed by atoms with Crippen molar-refractivity contribution < 1.29 is 9.18 Å². The number of carbonyl (C=O) groups is 1. The minimum atomic E-state index is -0.315.